The summed E-state index contributed by atoms with van der Waals surface area (Å²) in [5, 5.41) is 0. The number of imide groups is 1. The van der Waals surface area contributed by atoms with E-state index < -0.39 is 23.4 Å². The van der Waals surface area contributed by atoms with Crippen molar-refractivity contribution in [3.63, 3.8) is 0 Å². The number of carbonyl (C=O) groups is 2. The third-order valence-electron chi connectivity index (χ3n) is 5.65. The van der Waals surface area contributed by atoms with Gasteiger partial charge < -0.3 is 4.90 Å². The molecule has 0 aromatic heterocycles. The molecule has 1 aliphatic heterocycles. The first kappa shape index (κ1) is 21.4. The van der Waals surface area contributed by atoms with Crippen molar-refractivity contribution >= 4 is 23.1 Å². The molecule has 0 radical (unpaired) electrons. The van der Waals surface area contributed by atoms with Crippen LogP contribution in [0.25, 0.3) is 5.57 Å². The zero-order valence-electron chi connectivity index (χ0n) is 18.0. The fourth-order valence-corrected chi connectivity index (χ4v) is 3.85. The topological polar surface area (TPSA) is 40.6 Å². The minimum atomic E-state index is -0.974. The van der Waals surface area contributed by atoms with Crippen LogP contribution >= 0.6 is 0 Å². The van der Waals surface area contributed by atoms with E-state index in [1.54, 1.807) is 18.0 Å². The van der Waals surface area contributed by atoms with Gasteiger partial charge >= 0.3 is 0 Å². The van der Waals surface area contributed by atoms with Gasteiger partial charge in [-0.3, -0.25) is 9.59 Å². The van der Waals surface area contributed by atoms with Gasteiger partial charge in [-0.2, -0.15) is 0 Å². The smallest absolute Gasteiger partial charge is 0.282 e. The number of nitrogens with zero attached hydrogens (tertiary/aromatic N) is 2. The summed E-state index contributed by atoms with van der Waals surface area (Å²) in [5.41, 5.74) is 3.63. The van der Waals surface area contributed by atoms with Gasteiger partial charge in [0.25, 0.3) is 11.8 Å². The minimum Gasteiger partial charge on any atom is -0.365 e. The number of halogens is 2. The van der Waals surface area contributed by atoms with Gasteiger partial charge in [0.15, 0.2) is 0 Å². The van der Waals surface area contributed by atoms with Gasteiger partial charge in [0.1, 0.15) is 17.3 Å². The molecule has 0 N–H and O–H groups in total. The van der Waals surface area contributed by atoms with Crippen molar-refractivity contribution in [3.8, 4) is 0 Å². The second-order valence-electron chi connectivity index (χ2n) is 7.91. The molecule has 0 unspecified atom stereocenters. The third-order valence-corrected chi connectivity index (χ3v) is 5.65. The quantitative estimate of drug-likeness (QED) is 0.533. The van der Waals surface area contributed by atoms with Crippen molar-refractivity contribution in [1.82, 2.24) is 4.90 Å². The Morgan fingerprint density at radius 3 is 2.22 bits per heavy atom. The molecule has 0 aliphatic carbocycles. The number of amides is 2. The Morgan fingerprint density at radius 1 is 0.844 bits per heavy atom. The lowest BCUT2D eigenvalue weighted by molar-refractivity contribution is -0.120. The van der Waals surface area contributed by atoms with Crippen LogP contribution in [0.15, 0.2) is 72.4 Å². The molecule has 4 nitrogen and oxygen atoms in total. The second kappa shape index (κ2) is 8.38. The van der Waals surface area contributed by atoms with Gasteiger partial charge in [0, 0.05) is 19.7 Å². The molecule has 0 fully saturated rings. The van der Waals surface area contributed by atoms with Gasteiger partial charge in [0.05, 0.1) is 11.3 Å². The van der Waals surface area contributed by atoms with E-state index in [2.05, 4.69) is 0 Å². The number of benzene rings is 3. The lowest BCUT2D eigenvalue weighted by Gasteiger charge is -2.22. The number of aryl methyl sites for hydroxylation is 2. The van der Waals surface area contributed by atoms with Gasteiger partial charge in [0.2, 0.25) is 0 Å². The van der Waals surface area contributed by atoms with Gasteiger partial charge in [-0.25, -0.2) is 13.7 Å². The van der Waals surface area contributed by atoms with Crippen LogP contribution in [0.2, 0.25) is 0 Å². The van der Waals surface area contributed by atoms with Crippen molar-refractivity contribution in [1.29, 1.82) is 0 Å². The van der Waals surface area contributed by atoms with E-state index in [-0.39, 0.29) is 17.0 Å². The van der Waals surface area contributed by atoms with Crippen molar-refractivity contribution in [3.05, 3.63) is 106 Å². The Morgan fingerprint density at radius 2 is 1.56 bits per heavy atom. The molecule has 4 rings (SSSR count). The minimum absolute atomic E-state index is 0.172. The third kappa shape index (κ3) is 3.80. The van der Waals surface area contributed by atoms with E-state index >= 15 is 0 Å². The van der Waals surface area contributed by atoms with Gasteiger partial charge in [-0.05, 0) is 48.2 Å². The van der Waals surface area contributed by atoms with Crippen LogP contribution in [0.3, 0.4) is 0 Å². The normalized spacial score (nSPS) is 13.8. The summed E-state index contributed by atoms with van der Waals surface area (Å²) >= 11 is 0. The molecule has 0 spiro atoms. The van der Waals surface area contributed by atoms with Gasteiger partial charge in [-0.15, -0.1) is 0 Å². The summed E-state index contributed by atoms with van der Waals surface area (Å²) in [7, 11) is 1.72. The molecule has 32 heavy (non-hydrogen) atoms. The molecule has 1 heterocycles. The highest BCUT2D eigenvalue weighted by Gasteiger charge is 2.42. The maximum absolute atomic E-state index is 14.6. The molecule has 0 saturated heterocycles. The van der Waals surface area contributed by atoms with Crippen LogP contribution in [0.4, 0.5) is 14.5 Å². The molecule has 162 valence electrons. The van der Waals surface area contributed by atoms with E-state index in [0.717, 1.165) is 33.7 Å². The maximum atomic E-state index is 14.6. The Bertz CT molecular complexity index is 1250. The van der Waals surface area contributed by atoms with Crippen LogP contribution in [-0.2, 0) is 16.1 Å². The summed E-state index contributed by atoms with van der Waals surface area (Å²) in [6.45, 7) is 4.26. The average molecular weight is 432 g/mol. The van der Waals surface area contributed by atoms with Crippen LogP contribution < -0.4 is 4.90 Å². The monoisotopic (exact) mass is 432 g/mol. The van der Waals surface area contributed by atoms with E-state index in [4.69, 9.17) is 0 Å². The molecule has 3 aromatic carbocycles. The Hall–Kier alpha value is -3.80. The number of hydrogen-bond donors (Lipinski definition) is 0. The summed E-state index contributed by atoms with van der Waals surface area (Å²) in [4.78, 5) is 29.4. The Kier molecular flexibility index (Phi) is 5.61. The summed E-state index contributed by atoms with van der Waals surface area (Å²) in [6.07, 6.45) is 0. The first-order chi connectivity index (χ1) is 15.3. The Balaban J connectivity index is 1.84. The van der Waals surface area contributed by atoms with Crippen molar-refractivity contribution in [2.24, 2.45) is 0 Å². The second-order valence-corrected chi connectivity index (χ2v) is 7.91. The summed E-state index contributed by atoms with van der Waals surface area (Å²) in [6, 6.07) is 17.8. The SMILES string of the molecule is Cc1ccc(C2=C(N(C)Cc3ccccc3)C(=O)N(c3ccc(F)cc3F)C2=O)cc1C. The first-order valence-electron chi connectivity index (χ1n) is 10.2. The zero-order valence-corrected chi connectivity index (χ0v) is 18.0. The Labute approximate surface area is 185 Å². The zero-order chi connectivity index (χ0) is 23.0. The average Bonchev–Trinajstić information content (AvgIpc) is 3.01. The number of hydrogen-bond acceptors (Lipinski definition) is 3. The molecular formula is C26H22F2N2O2. The predicted octanol–water partition coefficient (Wildman–Crippen LogP) is 5.00. The number of rotatable bonds is 5. The van der Waals surface area contributed by atoms with E-state index in [1.807, 2.05) is 56.3 Å². The molecule has 0 bridgehead atoms. The first-order valence-corrected chi connectivity index (χ1v) is 10.2. The highest BCUT2D eigenvalue weighted by molar-refractivity contribution is 6.45. The van der Waals surface area contributed by atoms with Crippen LogP contribution in [0, 0.1) is 25.5 Å². The highest BCUT2D eigenvalue weighted by Crippen LogP contribution is 2.36. The largest absolute Gasteiger partial charge is 0.365 e. The fourth-order valence-electron chi connectivity index (χ4n) is 3.85. The van der Waals surface area contributed by atoms with Crippen LogP contribution in [-0.4, -0.2) is 23.8 Å². The van der Waals surface area contributed by atoms with E-state index in [0.29, 0.717) is 18.2 Å². The number of likely N-dealkylation sites (N-methyl/N-ethyl adjacent to an activating group) is 1. The molecule has 0 atom stereocenters. The highest BCUT2D eigenvalue weighted by atomic mass is 19.1. The fraction of sp³-hybridized carbons (Fsp3) is 0.154. The number of carbonyl (C=O) groups excluding carboxylic acids is 2. The van der Waals surface area contributed by atoms with Crippen LogP contribution in [0.5, 0.6) is 0 Å². The lowest BCUT2D eigenvalue weighted by atomic mass is 9.99. The molecule has 2 amide bonds. The summed E-state index contributed by atoms with van der Waals surface area (Å²) in [5.74, 6) is -3.04. The molecule has 3 aromatic rings. The van der Waals surface area contributed by atoms with E-state index in [1.165, 1.54) is 0 Å². The van der Waals surface area contributed by atoms with Crippen molar-refractivity contribution < 1.29 is 18.4 Å². The molecule has 6 heteroatoms. The standard InChI is InChI=1S/C26H22F2N2O2/c1-16-9-10-19(13-17(16)2)23-24(29(3)15-18-7-5-4-6-8-18)26(32)30(25(23)31)22-12-11-20(27)14-21(22)28/h4-14H,15H2,1-3H3. The lowest BCUT2D eigenvalue weighted by Crippen LogP contribution is -2.34. The number of anilines is 1. The molecular weight excluding hydrogens is 410 g/mol. The predicted molar refractivity (Wildman–Crippen MR) is 120 cm³/mol. The molecule has 0 saturated carbocycles. The molecule has 1 aliphatic rings. The van der Waals surface area contributed by atoms with E-state index in [9.17, 15) is 18.4 Å². The van der Waals surface area contributed by atoms with Crippen LogP contribution in [0.1, 0.15) is 22.3 Å². The summed E-state index contributed by atoms with van der Waals surface area (Å²) < 4.78 is 28.0. The van der Waals surface area contributed by atoms with Crippen molar-refractivity contribution in [2.75, 3.05) is 11.9 Å². The van der Waals surface area contributed by atoms with Gasteiger partial charge in [-0.1, -0.05) is 48.5 Å². The maximum Gasteiger partial charge on any atom is 0.282 e. The van der Waals surface area contributed by atoms with Crippen molar-refractivity contribution in [2.45, 2.75) is 20.4 Å².